The van der Waals surface area contributed by atoms with E-state index in [-0.39, 0.29) is 16.5 Å². The SMILES string of the molecule is N#Cc1cnc(C2(c3ccccc3)CCCCC2)[nH]c1=O. The highest BCUT2D eigenvalue weighted by molar-refractivity contribution is 5.34. The lowest BCUT2D eigenvalue weighted by Crippen LogP contribution is -2.34. The van der Waals surface area contributed by atoms with Crippen LogP contribution >= 0.6 is 0 Å². The van der Waals surface area contributed by atoms with Crippen LogP contribution in [0, 0.1) is 11.3 Å². The lowest BCUT2D eigenvalue weighted by atomic mass is 9.69. The molecule has 0 atom stereocenters. The van der Waals surface area contributed by atoms with Gasteiger partial charge in [-0.3, -0.25) is 4.79 Å². The molecule has 3 rings (SSSR count). The number of nitrogens with one attached hydrogen (secondary N) is 1. The predicted octanol–water partition coefficient (Wildman–Crippen LogP) is 2.89. The number of benzene rings is 1. The molecule has 0 saturated heterocycles. The Balaban J connectivity index is 2.15. The molecule has 1 N–H and O–H groups in total. The molecule has 0 aliphatic heterocycles. The zero-order valence-electron chi connectivity index (χ0n) is 11.8. The van der Waals surface area contributed by atoms with Gasteiger partial charge >= 0.3 is 0 Å². The molecule has 4 nitrogen and oxygen atoms in total. The molecular formula is C17H17N3O. The van der Waals surface area contributed by atoms with Crippen LogP contribution in [-0.2, 0) is 5.41 Å². The van der Waals surface area contributed by atoms with Gasteiger partial charge in [0, 0.05) is 0 Å². The van der Waals surface area contributed by atoms with Crippen LogP contribution in [0.3, 0.4) is 0 Å². The van der Waals surface area contributed by atoms with Gasteiger partial charge in [-0.05, 0) is 18.4 Å². The minimum atomic E-state index is -0.344. The van der Waals surface area contributed by atoms with Crippen LogP contribution in [0.2, 0.25) is 0 Å². The highest BCUT2D eigenvalue weighted by atomic mass is 16.1. The van der Waals surface area contributed by atoms with E-state index in [9.17, 15) is 4.79 Å². The molecule has 1 aromatic carbocycles. The maximum atomic E-state index is 12.0. The summed E-state index contributed by atoms with van der Waals surface area (Å²) in [6.45, 7) is 0. The summed E-state index contributed by atoms with van der Waals surface area (Å²) in [6.07, 6.45) is 6.82. The van der Waals surface area contributed by atoms with Crippen molar-refractivity contribution in [1.29, 1.82) is 5.26 Å². The third-order valence-electron chi connectivity index (χ3n) is 4.41. The van der Waals surface area contributed by atoms with Crippen molar-refractivity contribution in [2.45, 2.75) is 37.5 Å². The minimum absolute atomic E-state index is 0.0674. The van der Waals surface area contributed by atoms with Gasteiger partial charge in [-0.25, -0.2) is 4.98 Å². The van der Waals surface area contributed by atoms with E-state index in [1.165, 1.54) is 18.2 Å². The molecular weight excluding hydrogens is 262 g/mol. The Hall–Kier alpha value is -2.41. The number of nitriles is 1. The first kappa shape index (κ1) is 13.6. The maximum absolute atomic E-state index is 12.0. The number of nitrogens with zero attached hydrogens (tertiary/aromatic N) is 2. The molecule has 1 aliphatic carbocycles. The highest BCUT2D eigenvalue weighted by Gasteiger charge is 2.37. The van der Waals surface area contributed by atoms with Gasteiger partial charge in [-0.2, -0.15) is 5.26 Å². The topological polar surface area (TPSA) is 69.5 Å². The normalized spacial score (nSPS) is 17.1. The second-order valence-electron chi connectivity index (χ2n) is 5.60. The molecule has 21 heavy (non-hydrogen) atoms. The number of H-pyrrole nitrogens is 1. The van der Waals surface area contributed by atoms with Crippen molar-refractivity contribution in [2.75, 3.05) is 0 Å². The monoisotopic (exact) mass is 279 g/mol. The Morgan fingerprint density at radius 1 is 1.14 bits per heavy atom. The van der Waals surface area contributed by atoms with Gasteiger partial charge in [0.05, 0.1) is 11.6 Å². The van der Waals surface area contributed by atoms with Crippen molar-refractivity contribution < 1.29 is 0 Å². The zero-order valence-corrected chi connectivity index (χ0v) is 11.8. The fraction of sp³-hybridized carbons (Fsp3) is 0.353. The minimum Gasteiger partial charge on any atom is -0.309 e. The number of rotatable bonds is 2. The van der Waals surface area contributed by atoms with E-state index in [4.69, 9.17) is 5.26 Å². The van der Waals surface area contributed by atoms with E-state index in [1.807, 2.05) is 24.3 Å². The van der Waals surface area contributed by atoms with E-state index >= 15 is 0 Å². The Labute approximate surface area is 123 Å². The van der Waals surface area contributed by atoms with Crippen molar-refractivity contribution in [1.82, 2.24) is 9.97 Å². The number of hydrogen-bond acceptors (Lipinski definition) is 3. The van der Waals surface area contributed by atoms with Crippen LogP contribution in [0.5, 0.6) is 0 Å². The summed E-state index contributed by atoms with van der Waals surface area (Å²) < 4.78 is 0. The molecule has 0 amide bonds. The molecule has 0 unspecified atom stereocenters. The van der Waals surface area contributed by atoms with E-state index in [0.717, 1.165) is 25.7 Å². The summed E-state index contributed by atoms with van der Waals surface area (Å²) in [7, 11) is 0. The van der Waals surface area contributed by atoms with Gasteiger partial charge in [0.15, 0.2) is 0 Å². The molecule has 1 aliphatic rings. The summed E-state index contributed by atoms with van der Waals surface area (Å²) >= 11 is 0. The van der Waals surface area contributed by atoms with Gasteiger partial charge < -0.3 is 4.98 Å². The third kappa shape index (κ3) is 2.36. The van der Waals surface area contributed by atoms with Gasteiger partial charge in [-0.1, -0.05) is 49.6 Å². The van der Waals surface area contributed by atoms with E-state index in [1.54, 1.807) is 0 Å². The van der Waals surface area contributed by atoms with Crippen molar-refractivity contribution >= 4 is 0 Å². The standard InChI is InChI=1S/C17H17N3O/c18-11-13-12-19-16(20-15(13)21)17(9-5-2-6-10-17)14-7-3-1-4-8-14/h1,3-4,7-8,12H,2,5-6,9-10H2,(H,19,20,21). The van der Waals surface area contributed by atoms with Crippen LogP contribution in [0.4, 0.5) is 0 Å². The maximum Gasteiger partial charge on any atom is 0.268 e. The average Bonchev–Trinajstić information content (AvgIpc) is 2.56. The second-order valence-corrected chi connectivity index (χ2v) is 5.60. The summed E-state index contributed by atoms with van der Waals surface area (Å²) in [6, 6.07) is 12.1. The third-order valence-corrected chi connectivity index (χ3v) is 4.41. The highest BCUT2D eigenvalue weighted by Crippen LogP contribution is 2.42. The lowest BCUT2D eigenvalue weighted by Gasteiger charge is -2.36. The molecule has 1 heterocycles. The summed E-state index contributed by atoms with van der Waals surface area (Å²) in [4.78, 5) is 19.2. The molecule has 1 fully saturated rings. The Bertz CT molecular complexity index is 722. The molecule has 106 valence electrons. The smallest absolute Gasteiger partial charge is 0.268 e. The lowest BCUT2D eigenvalue weighted by molar-refractivity contribution is 0.329. The predicted molar refractivity (Wildman–Crippen MR) is 79.9 cm³/mol. The van der Waals surface area contributed by atoms with Crippen molar-refractivity contribution in [3.05, 3.63) is 63.8 Å². The molecule has 1 saturated carbocycles. The van der Waals surface area contributed by atoms with Crippen molar-refractivity contribution in [3.8, 4) is 6.07 Å². The van der Waals surface area contributed by atoms with Gasteiger partial charge in [0.2, 0.25) is 0 Å². The number of aromatic nitrogens is 2. The fourth-order valence-corrected chi connectivity index (χ4v) is 3.29. The van der Waals surface area contributed by atoms with E-state index in [0.29, 0.717) is 5.82 Å². The molecule has 0 spiro atoms. The Morgan fingerprint density at radius 3 is 2.48 bits per heavy atom. The first-order valence-electron chi connectivity index (χ1n) is 7.32. The quantitative estimate of drug-likeness (QED) is 0.919. The summed E-state index contributed by atoms with van der Waals surface area (Å²) in [5, 5.41) is 8.89. The fourth-order valence-electron chi connectivity index (χ4n) is 3.29. The largest absolute Gasteiger partial charge is 0.309 e. The first-order chi connectivity index (χ1) is 10.3. The van der Waals surface area contributed by atoms with Crippen molar-refractivity contribution in [3.63, 3.8) is 0 Å². The molecule has 0 radical (unpaired) electrons. The van der Waals surface area contributed by atoms with Gasteiger partial charge in [-0.15, -0.1) is 0 Å². The van der Waals surface area contributed by atoms with E-state index in [2.05, 4.69) is 22.1 Å². The number of aromatic amines is 1. The van der Waals surface area contributed by atoms with Crippen LogP contribution < -0.4 is 5.56 Å². The molecule has 0 bridgehead atoms. The first-order valence-corrected chi connectivity index (χ1v) is 7.32. The summed E-state index contributed by atoms with van der Waals surface area (Å²) in [5.41, 5.74) is 0.686. The van der Waals surface area contributed by atoms with Crippen LogP contribution in [-0.4, -0.2) is 9.97 Å². The zero-order chi connectivity index (χ0) is 14.7. The molecule has 2 aromatic rings. The van der Waals surface area contributed by atoms with Crippen LogP contribution in [0.15, 0.2) is 41.3 Å². The van der Waals surface area contributed by atoms with Crippen LogP contribution in [0.25, 0.3) is 0 Å². The van der Waals surface area contributed by atoms with E-state index < -0.39 is 0 Å². The van der Waals surface area contributed by atoms with Crippen LogP contribution in [0.1, 0.15) is 49.1 Å². The molecule has 4 heteroatoms. The number of hydrogen-bond donors (Lipinski definition) is 1. The second kappa shape index (κ2) is 5.53. The Kier molecular flexibility index (Phi) is 3.57. The Morgan fingerprint density at radius 2 is 1.86 bits per heavy atom. The molecule has 1 aromatic heterocycles. The van der Waals surface area contributed by atoms with Gasteiger partial charge in [0.1, 0.15) is 17.5 Å². The summed E-state index contributed by atoms with van der Waals surface area (Å²) in [5.74, 6) is 0.692. The van der Waals surface area contributed by atoms with Crippen molar-refractivity contribution in [2.24, 2.45) is 0 Å². The van der Waals surface area contributed by atoms with Gasteiger partial charge in [0.25, 0.3) is 5.56 Å². The average molecular weight is 279 g/mol.